The minimum atomic E-state index is 1.41. The molecule has 0 nitrogen and oxygen atoms in total. The first-order valence-electron chi connectivity index (χ1n) is 4.42. The van der Waals surface area contributed by atoms with E-state index in [1.165, 1.54) is 18.3 Å². The van der Waals surface area contributed by atoms with Crippen molar-refractivity contribution in [3.8, 4) is 0 Å². The third-order valence-corrected chi connectivity index (χ3v) is 8.31. The van der Waals surface area contributed by atoms with Gasteiger partial charge in [0.15, 0.2) is 0 Å². The van der Waals surface area contributed by atoms with Crippen molar-refractivity contribution in [3.05, 3.63) is 18.3 Å². The Morgan fingerprint density at radius 1 is 0.438 bits per heavy atom. The monoisotopic (exact) mass is 330 g/mol. The Morgan fingerprint density at radius 2 is 0.688 bits per heavy atom. The Bertz CT molecular complexity index is 228. The van der Waals surface area contributed by atoms with Crippen LogP contribution in [-0.2, 0) is 0 Å². The lowest BCUT2D eigenvalue weighted by Crippen LogP contribution is -1.87. The molecule has 0 fully saturated rings. The molecule has 0 saturated carbocycles. The van der Waals surface area contributed by atoms with Crippen LogP contribution in [0, 0.1) is 0 Å². The number of hydrogen-bond donors (Lipinski definition) is 0. The van der Waals surface area contributed by atoms with Crippen molar-refractivity contribution in [3.63, 3.8) is 0 Å². The van der Waals surface area contributed by atoms with Crippen LogP contribution in [0.4, 0.5) is 0 Å². The molecule has 0 amide bonds. The number of thioether (sulfide) groups is 6. The third kappa shape index (κ3) is 5.06. The van der Waals surface area contributed by atoms with Crippen molar-refractivity contribution in [2.75, 3.05) is 37.5 Å². The van der Waals surface area contributed by atoms with Gasteiger partial charge in [0.2, 0.25) is 0 Å². The van der Waals surface area contributed by atoms with E-state index in [1.807, 2.05) is 70.6 Å². The van der Waals surface area contributed by atoms with E-state index in [-0.39, 0.29) is 0 Å². The highest BCUT2D eigenvalue weighted by Crippen LogP contribution is 2.45. The molecule has 0 spiro atoms. The van der Waals surface area contributed by atoms with Gasteiger partial charge in [0.25, 0.3) is 0 Å². The van der Waals surface area contributed by atoms with Gasteiger partial charge in [-0.3, -0.25) is 0 Å². The third-order valence-electron chi connectivity index (χ3n) is 1.73. The summed E-state index contributed by atoms with van der Waals surface area (Å²) >= 11 is 11.1. The van der Waals surface area contributed by atoms with E-state index in [9.17, 15) is 0 Å². The van der Waals surface area contributed by atoms with Gasteiger partial charge in [-0.25, -0.2) is 0 Å². The van der Waals surface area contributed by atoms with Crippen LogP contribution in [-0.4, -0.2) is 37.5 Å². The van der Waals surface area contributed by atoms with Gasteiger partial charge < -0.3 is 0 Å². The van der Waals surface area contributed by atoms with Crippen LogP contribution in [0.1, 0.15) is 0 Å². The van der Waals surface area contributed by atoms with Gasteiger partial charge >= 0.3 is 0 Å². The summed E-state index contributed by atoms with van der Waals surface area (Å²) in [5.74, 6) is 0. The molecule has 0 saturated heterocycles. The summed E-state index contributed by atoms with van der Waals surface area (Å²) in [6.45, 7) is 0. The van der Waals surface area contributed by atoms with E-state index >= 15 is 0 Å². The normalized spacial score (nSPS) is 10.1. The molecular weight excluding hydrogens is 313 g/mol. The highest BCUT2D eigenvalue weighted by Gasteiger charge is 2.14. The maximum absolute atomic E-state index is 2.16. The van der Waals surface area contributed by atoms with E-state index in [0.29, 0.717) is 0 Å². The average Bonchev–Trinajstić information content (AvgIpc) is 2.33. The minimum Gasteiger partial charge on any atom is -0.127 e. The van der Waals surface area contributed by atoms with Gasteiger partial charge in [-0.15, -0.1) is 70.6 Å². The van der Waals surface area contributed by atoms with Crippen LogP contribution in [0.5, 0.6) is 0 Å². The van der Waals surface area contributed by atoms with Gasteiger partial charge in [-0.1, -0.05) is 0 Å². The molecule has 0 atom stereocenters. The first-order chi connectivity index (χ1) is 7.69. The lowest BCUT2D eigenvalue weighted by molar-refractivity contribution is 1.88. The Balaban J connectivity index is 5.49. The standard InChI is InChI=1S/C10H18S6/c1-11-7(9(13-3)14-4)8(12-2)10(15-5)16-6/h1-6H3. The van der Waals surface area contributed by atoms with E-state index in [4.69, 9.17) is 0 Å². The van der Waals surface area contributed by atoms with Crippen molar-refractivity contribution in [2.24, 2.45) is 0 Å². The molecular formula is C10H18S6. The second-order valence-corrected chi connectivity index (χ2v) is 7.87. The summed E-state index contributed by atoms with van der Waals surface area (Å²) in [6, 6.07) is 0. The Hall–Kier alpha value is 1.58. The molecule has 0 radical (unpaired) electrons. The van der Waals surface area contributed by atoms with Gasteiger partial charge in [0.1, 0.15) is 0 Å². The summed E-state index contributed by atoms with van der Waals surface area (Å²) in [7, 11) is 0. The quantitative estimate of drug-likeness (QED) is 0.561. The highest BCUT2D eigenvalue weighted by molar-refractivity contribution is 8.24. The van der Waals surface area contributed by atoms with Gasteiger partial charge in [0, 0.05) is 9.81 Å². The Kier molecular flexibility index (Phi) is 11.5. The Labute approximate surface area is 125 Å². The fourth-order valence-electron chi connectivity index (χ4n) is 1.07. The van der Waals surface area contributed by atoms with Crippen molar-refractivity contribution in [1.29, 1.82) is 0 Å². The second kappa shape index (κ2) is 10.5. The maximum atomic E-state index is 2.16. The molecule has 0 N–H and O–H groups in total. The average molecular weight is 331 g/mol. The minimum absolute atomic E-state index is 1.41. The predicted octanol–water partition coefficient (Wildman–Crippen LogP) is 5.50. The SMILES string of the molecule is CSC(SC)=C(SC)C(SC)=C(SC)SC. The maximum Gasteiger partial charge on any atom is 0.0544 e. The van der Waals surface area contributed by atoms with Crippen LogP contribution >= 0.6 is 70.6 Å². The van der Waals surface area contributed by atoms with E-state index in [2.05, 4.69) is 37.5 Å². The van der Waals surface area contributed by atoms with Crippen LogP contribution in [0.15, 0.2) is 18.3 Å². The van der Waals surface area contributed by atoms with Gasteiger partial charge in [-0.2, -0.15) is 0 Å². The zero-order valence-corrected chi connectivity index (χ0v) is 15.3. The predicted molar refractivity (Wildman–Crippen MR) is 95.1 cm³/mol. The zero-order valence-electron chi connectivity index (χ0n) is 10.4. The van der Waals surface area contributed by atoms with Crippen LogP contribution in [0.3, 0.4) is 0 Å². The molecule has 0 aromatic rings. The summed E-state index contributed by atoms with van der Waals surface area (Å²) in [4.78, 5) is 2.84. The molecule has 0 rings (SSSR count). The smallest absolute Gasteiger partial charge is 0.0544 e. The summed E-state index contributed by atoms with van der Waals surface area (Å²) in [6.07, 6.45) is 12.9. The molecule has 94 valence electrons. The zero-order chi connectivity index (χ0) is 12.6. The summed E-state index contributed by atoms with van der Waals surface area (Å²) in [5.41, 5.74) is 0. The number of hydrogen-bond acceptors (Lipinski definition) is 6. The van der Waals surface area contributed by atoms with Crippen molar-refractivity contribution in [2.45, 2.75) is 0 Å². The van der Waals surface area contributed by atoms with E-state index in [0.717, 1.165) is 0 Å². The summed E-state index contributed by atoms with van der Waals surface area (Å²) < 4.78 is 2.83. The molecule has 0 aromatic heterocycles. The summed E-state index contributed by atoms with van der Waals surface area (Å²) in [5, 5.41) is 0. The molecule has 0 unspecified atom stereocenters. The van der Waals surface area contributed by atoms with E-state index in [1.54, 1.807) is 0 Å². The van der Waals surface area contributed by atoms with Crippen molar-refractivity contribution in [1.82, 2.24) is 0 Å². The van der Waals surface area contributed by atoms with Crippen LogP contribution in [0.2, 0.25) is 0 Å². The lowest BCUT2D eigenvalue weighted by Gasteiger charge is -2.15. The van der Waals surface area contributed by atoms with Crippen molar-refractivity contribution >= 4 is 70.6 Å². The molecule has 0 aliphatic carbocycles. The molecule has 6 heteroatoms. The van der Waals surface area contributed by atoms with Crippen molar-refractivity contribution < 1.29 is 0 Å². The molecule has 0 aromatic carbocycles. The number of rotatable bonds is 7. The van der Waals surface area contributed by atoms with E-state index < -0.39 is 0 Å². The lowest BCUT2D eigenvalue weighted by atomic mass is 10.6. The first-order valence-corrected chi connectivity index (χ1v) is 11.8. The fourth-order valence-corrected chi connectivity index (χ4v) is 7.22. The second-order valence-electron chi connectivity index (χ2n) is 2.46. The van der Waals surface area contributed by atoms with Gasteiger partial charge in [0.05, 0.1) is 8.47 Å². The highest BCUT2D eigenvalue weighted by atomic mass is 32.2. The molecule has 0 bridgehead atoms. The Morgan fingerprint density at radius 3 is 0.812 bits per heavy atom. The largest absolute Gasteiger partial charge is 0.127 e. The fraction of sp³-hybridized carbons (Fsp3) is 0.600. The topological polar surface area (TPSA) is 0 Å². The van der Waals surface area contributed by atoms with Crippen LogP contribution in [0.25, 0.3) is 0 Å². The molecule has 0 aliphatic heterocycles. The first kappa shape index (κ1) is 17.6. The molecule has 16 heavy (non-hydrogen) atoms. The van der Waals surface area contributed by atoms with Gasteiger partial charge in [-0.05, 0) is 37.5 Å². The molecule has 0 heterocycles. The van der Waals surface area contributed by atoms with Crippen LogP contribution < -0.4 is 0 Å². The molecule has 0 aliphatic rings.